The second kappa shape index (κ2) is 7.11. The summed E-state index contributed by atoms with van der Waals surface area (Å²) in [5.74, 6) is 0.488. The van der Waals surface area contributed by atoms with Crippen molar-refractivity contribution in [2.45, 2.75) is 20.8 Å². The molecule has 0 aliphatic carbocycles. The van der Waals surface area contributed by atoms with E-state index in [1.165, 1.54) is 11.3 Å². The van der Waals surface area contributed by atoms with Crippen LogP contribution < -0.4 is 10.1 Å². The van der Waals surface area contributed by atoms with Gasteiger partial charge in [0.25, 0.3) is 5.91 Å². The summed E-state index contributed by atoms with van der Waals surface area (Å²) in [5, 5.41) is 14.1. The summed E-state index contributed by atoms with van der Waals surface area (Å²) in [6, 6.07) is 7.97. The molecule has 24 heavy (non-hydrogen) atoms. The van der Waals surface area contributed by atoms with Crippen molar-refractivity contribution in [2.24, 2.45) is 0 Å². The number of thiophene rings is 1. The van der Waals surface area contributed by atoms with Crippen molar-refractivity contribution in [1.29, 1.82) is 0 Å². The third kappa shape index (κ3) is 3.80. The number of carbonyl (C=O) groups excluding carboxylic acids is 1. The number of hydrogen-bond acceptors (Lipinski definition) is 6. The molecule has 3 rings (SSSR count). The van der Waals surface area contributed by atoms with Gasteiger partial charge >= 0.3 is 0 Å². The van der Waals surface area contributed by atoms with Crippen molar-refractivity contribution in [3.63, 3.8) is 0 Å². The van der Waals surface area contributed by atoms with Gasteiger partial charge < -0.3 is 4.74 Å². The van der Waals surface area contributed by atoms with Gasteiger partial charge in [-0.3, -0.25) is 10.1 Å². The van der Waals surface area contributed by atoms with Gasteiger partial charge in [-0.2, -0.15) is 0 Å². The molecule has 7 heteroatoms. The van der Waals surface area contributed by atoms with Crippen LogP contribution in [0.1, 0.15) is 16.7 Å². The fourth-order valence-corrected chi connectivity index (χ4v) is 3.77. The minimum atomic E-state index is -0.248. The van der Waals surface area contributed by atoms with Gasteiger partial charge in [0.15, 0.2) is 11.6 Å². The molecule has 1 aromatic carbocycles. The lowest BCUT2D eigenvalue weighted by Gasteiger charge is -2.11. The molecule has 1 N–H and O–H groups in total. The molecule has 0 aliphatic rings. The summed E-state index contributed by atoms with van der Waals surface area (Å²) in [4.78, 5) is 13.1. The van der Waals surface area contributed by atoms with Crippen LogP contribution in [0.3, 0.4) is 0 Å². The van der Waals surface area contributed by atoms with Crippen molar-refractivity contribution in [2.75, 3.05) is 11.9 Å². The third-order valence-corrected chi connectivity index (χ3v) is 5.40. The van der Waals surface area contributed by atoms with Crippen LogP contribution in [0, 0.1) is 20.8 Å². The topological polar surface area (TPSA) is 64.1 Å². The number of nitrogens with one attached hydrogen (secondary N) is 1. The molecule has 5 nitrogen and oxygen atoms in total. The molecule has 0 aliphatic heterocycles. The van der Waals surface area contributed by atoms with Crippen LogP contribution in [-0.4, -0.2) is 22.7 Å². The summed E-state index contributed by atoms with van der Waals surface area (Å²) in [6.45, 7) is 5.97. The zero-order chi connectivity index (χ0) is 17.1. The highest BCUT2D eigenvalue weighted by atomic mass is 32.1. The van der Waals surface area contributed by atoms with E-state index in [0.717, 1.165) is 32.3 Å². The minimum absolute atomic E-state index is 0.0579. The monoisotopic (exact) mass is 359 g/mol. The Balaban J connectivity index is 1.60. The number of carbonyl (C=O) groups is 1. The molecule has 0 atom stereocenters. The lowest BCUT2D eigenvalue weighted by Crippen LogP contribution is -2.20. The summed E-state index contributed by atoms with van der Waals surface area (Å²) in [6.07, 6.45) is 0. The first-order chi connectivity index (χ1) is 11.5. The Morgan fingerprint density at radius 3 is 2.83 bits per heavy atom. The van der Waals surface area contributed by atoms with Crippen molar-refractivity contribution < 1.29 is 9.53 Å². The van der Waals surface area contributed by atoms with Gasteiger partial charge in [0, 0.05) is 0 Å². The highest BCUT2D eigenvalue weighted by molar-refractivity contribution is 7.23. The minimum Gasteiger partial charge on any atom is -0.483 e. The van der Waals surface area contributed by atoms with Crippen molar-refractivity contribution >= 4 is 33.7 Å². The molecule has 1 amide bonds. The van der Waals surface area contributed by atoms with Gasteiger partial charge in [-0.15, -0.1) is 21.5 Å². The van der Waals surface area contributed by atoms with Crippen LogP contribution in [0.25, 0.3) is 9.88 Å². The summed E-state index contributed by atoms with van der Waals surface area (Å²) < 4.78 is 5.66. The summed E-state index contributed by atoms with van der Waals surface area (Å²) >= 11 is 2.94. The van der Waals surface area contributed by atoms with E-state index in [-0.39, 0.29) is 12.5 Å². The SMILES string of the molecule is Cc1cc(C)c(C)c(OCC(=O)Nc2nnc(-c3cccs3)s2)c1. The molecular weight excluding hydrogens is 342 g/mol. The molecule has 0 fully saturated rings. The van der Waals surface area contributed by atoms with Crippen molar-refractivity contribution in [3.05, 3.63) is 46.3 Å². The van der Waals surface area contributed by atoms with E-state index in [9.17, 15) is 4.79 Å². The zero-order valence-corrected chi connectivity index (χ0v) is 15.3. The first-order valence-electron chi connectivity index (χ1n) is 7.41. The summed E-state index contributed by atoms with van der Waals surface area (Å²) in [5.41, 5.74) is 3.30. The van der Waals surface area contributed by atoms with E-state index in [1.807, 2.05) is 44.4 Å². The molecular formula is C17H17N3O2S2. The van der Waals surface area contributed by atoms with Gasteiger partial charge in [-0.1, -0.05) is 23.5 Å². The Bertz CT molecular complexity index is 857. The first-order valence-corrected chi connectivity index (χ1v) is 9.10. The van der Waals surface area contributed by atoms with Gasteiger partial charge in [0.1, 0.15) is 5.75 Å². The smallest absolute Gasteiger partial charge is 0.264 e. The van der Waals surface area contributed by atoms with Crippen molar-refractivity contribution in [3.8, 4) is 15.6 Å². The van der Waals surface area contributed by atoms with E-state index in [2.05, 4.69) is 21.6 Å². The largest absolute Gasteiger partial charge is 0.483 e. The zero-order valence-electron chi connectivity index (χ0n) is 13.6. The van der Waals surface area contributed by atoms with E-state index < -0.39 is 0 Å². The number of rotatable bonds is 5. The van der Waals surface area contributed by atoms with Gasteiger partial charge in [-0.05, 0) is 55.0 Å². The molecule has 0 saturated heterocycles. The fraction of sp³-hybridized carbons (Fsp3) is 0.235. The number of benzene rings is 1. The molecule has 2 heterocycles. The molecule has 0 bridgehead atoms. The third-order valence-electron chi connectivity index (χ3n) is 3.53. The molecule has 3 aromatic rings. The fourth-order valence-electron chi connectivity index (χ4n) is 2.22. The Morgan fingerprint density at radius 1 is 1.25 bits per heavy atom. The predicted octanol–water partition coefficient (Wildman–Crippen LogP) is 4.21. The highest BCUT2D eigenvalue weighted by Gasteiger charge is 2.12. The maximum atomic E-state index is 12.1. The Kier molecular flexibility index (Phi) is 4.92. The van der Waals surface area contributed by atoms with Gasteiger partial charge in [0.2, 0.25) is 5.13 Å². The normalized spacial score (nSPS) is 10.6. The first kappa shape index (κ1) is 16.6. The maximum Gasteiger partial charge on any atom is 0.264 e. The molecule has 2 aromatic heterocycles. The number of aromatic nitrogens is 2. The molecule has 0 radical (unpaired) electrons. The lowest BCUT2D eigenvalue weighted by molar-refractivity contribution is -0.118. The quantitative estimate of drug-likeness (QED) is 0.741. The maximum absolute atomic E-state index is 12.1. The number of amides is 1. The van der Waals surface area contributed by atoms with Gasteiger partial charge in [0.05, 0.1) is 4.88 Å². The van der Waals surface area contributed by atoms with Crippen LogP contribution in [0.5, 0.6) is 5.75 Å². The second-order valence-corrected chi connectivity index (χ2v) is 7.36. The number of aryl methyl sites for hydroxylation is 2. The molecule has 0 saturated carbocycles. The number of hydrogen-bond donors (Lipinski definition) is 1. The van der Waals surface area contributed by atoms with Crippen LogP contribution in [0.4, 0.5) is 5.13 Å². The average molecular weight is 359 g/mol. The Labute approximate surface area is 148 Å². The van der Waals surface area contributed by atoms with E-state index in [4.69, 9.17) is 4.74 Å². The van der Waals surface area contributed by atoms with E-state index in [1.54, 1.807) is 11.3 Å². The number of nitrogens with zero attached hydrogens (tertiary/aromatic N) is 2. The van der Waals surface area contributed by atoms with Crippen LogP contribution >= 0.6 is 22.7 Å². The lowest BCUT2D eigenvalue weighted by atomic mass is 10.1. The standard InChI is InChI=1S/C17H17N3O2S2/c1-10-7-11(2)12(3)13(8-10)22-9-15(21)18-17-20-19-16(24-17)14-5-4-6-23-14/h4-8H,9H2,1-3H3,(H,18,20,21). The second-order valence-electron chi connectivity index (χ2n) is 5.43. The van der Waals surface area contributed by atoms with Crippen LogP contribution in [0.2, 0.25) is 0 Å². The van der Waals surface area contributed by atoms with E-state index >= 15 is 0 Å². The van der Waals surface area contributed by atoms with Crippen molar-refractivity contribution in [1.82, 2.24) is 10.2 Å². The molecule has 0 unspecified atom stereocenters. The Hall–Kier alpha value is -2.25. The average Bonchev–Trinajstić information content (AvgIpc) is 3.20. The number of ether oxygens (including phenoxy) is 1. The number of anilines is 1. The van der Waals surface area contributed by atoms with E-state index in [0.29, 0.717) is 5.13 Å². The van der Waals surface area contributed by atoms with Gasteiger partial charge in [-0.25, -0.2) is 0 Å². The summed E-state index contributed by atoms with van der Waals surface area (Å²) in [7, 11) is 0. The van der Waals surface area contributed by atoms with Crippen LogP contribution in [-0.2, 0) is 4.79 Å². The molecule has 0 spiro atoms. The highest BCUT2D eigenvalue weighted by Crippen LogP contribution is 2.29. The molecule has 124 valence electrons. The predicted molar refractivity (Wildman–Crippen MR) is 98.0 cm³/mol. The Morgan fingerprint density at radius 2 is 2.08 bits per heavy atom. The van der Waals surface area contributed by atoms with Crippen LogP contribution in [0.15, 0.2) is 29.6 Å².